The number of carbonyl (C=O) groups is 1. The first-order valence-corrected chi connectivity index (χ1v) is 8.56. The molecule has 9 heteroatoms. The number of hydrogen-bond donors (Lipinski definition) is 0. The van der Waals surface area contributed by atoms with E-state index >= 15 is 0 Å². The molecule has 1 aromatic heterocycles. The maximum atomic E-state index is 13.4. The van der Waals surface area contributed by atoms with E-state index in [0.29, 0.717) is 38.4 Å². The van der Waals surface area contributed by atoms with Gasteiger partial charge in [-0.15, -0.1) is 0 Å². The molecule has 7 nitrogen and oxygen atoms in total. The van der Waals surface area contributed by atoms with E-state index in [1.807, 2.05) is 4.90 Å². The SMILES string of the molecule is Cn1c(N2CCCN(C(=O)c3ccc(F)c(F)c3)CC2)cc(=O)n(C)c1=O. The largest absolute Gasteiger partial charge is 0.356 e. The zero-order valence-electron chi connectivity index (χ0n) is 15.1. The van der Waals surface area contributed by atoms with Crippen molar-refractivity contribution in [2.45, 2.75) is 6.42 Å². The number of benzene rings is 1. The summed E-state index contributed by atoms with van der Waals surface area (Å²) >= 11 is 0. The van der Waals surface area contributed by atoms with Gasteiger partial charge in [-0.3, -0.25) is 18.7 Å². The van der Waals surface area contributed by atoms with Crippen LogP contribution in [-0.4, -0.2) is 46.1 Å². The molecule has 1 fully saturated rings. The van der Waals surface area contributed by atoms with Crippen LogP contribution < -0.4 is 16.1 Å². The van der Waals surface area contributed by atoms with Crippen LogP contribution in [0.2, 0.25) is 0 Å². The molecule has 0 bridgehead atoms. The van der Waals surface area contributed by atoms with E-state index in [1.54, 1.807) is 11.9 Å². The van der Waals surface area contributed by atoms with E-state index in [-0.39, 0.29) is 11.5 Å². The number of carbonyl (C=O) groups excluding carboxylic acids is 1. The van der Waals surface area contributed by atoms with Crippen molar-refractivity contribution < 1.29 is 13.6 Å². The van der Waals surface area contributed by atoms with Crippen molar-refractivity contribution in [3.05, 3.63) is 62.3 Å². The quantitative estimate of drug-likeness (QED) is 0.772. The number of aromatic nitrogens is 2. The maximum Gasteiger partial charge on any atom is 0.332 e. The number of hydrogen-bond acceptors (Lipinski definition) is 4. The van der Waals surface area contributed by atoms with Crippen LogP contribution in [0.5, 0.6) is 0 Å². The van der Waals surface area contributed by atoms with Gasteiger partial charge < -0.3 is 9.80 Å². The Morgan fingerprint density at radius 1 is 0.926 bits per heavy atom. The Balaban J connectivity index is 1.80. The molecular weight excluding hydrogens is 358 g/mol. The zero-order valence-corrected chi connectivity index (χ0v) is 15.1. The van der Waals surface area contributed by atoms with Crippen molar-refractivity contribution in [3.63, 3.8) is 0 Å². The minimum Gasteiger partial charge on any atom is -0.356 e. The third kappa shape index (κ3) is 3.62. The predicted octanol–water partition coefficient (Wildman–Crippen LogP) is 0.715. The van der Waals surface area contributed by atoms with Gasteiger partial charge in [-0.05, 0) is 24.6 Å². The van der Waals surface area contributed by atoms with Gasteiger partial charge in [0.25, 0.3) is 11.5 Å². The van der Waals surface area contributed by atoms with Crippen molar-refractivity contribution >= 4 is 11.7 Å². The summed E-state index contributed by atoms with van der Waals surface area (Å²) in [7, 11) is 3.01. The first-order valence-electron chi connectivity index (χ1n) is 8.56. The molecule has 0 spiro atoms. The molecule has 1 saturated heterocycles. The summed E-state index contributed by atoms with van der Waals surface area (Å²) in [6, 6.07) is 4.48. The number of nitrogens with zero attached hydrogens (tertiary/aromatic N) is 4. The van der Waals surface area contributed by atoms with Gasteiger partial charge in [0.15, 0.2) is 11.6 Å². The lowest BCUT2D eigenvalue weighted by atomic mass is 10.2. The highest BCUT2D eigenvalue weighted by Crippen LogP contribution is 2.16. The lowest BCUT2D eigenvalue weighted by Crippen LogP contribution is -2.41. The molecule has 0 N–H and O–H groups in total. The average molecular weight is 378 g/mol. The van der Waals surface area contributed by atoms with E-state index in [1.165, 1.54) is 23.7 Å². The Morgan fingerprint density at radius 3 is 2.37 bits per heavy atom. The fourth-order valence-electron chi connectivity index (χ4n) is 3.19. The fraction of sp³-hybridized carbons (Fsp3) is 0.389. The first kappa shape index (κ1) is 18.8. The van der Waals surface area contributed by atoms with E-state index < -0.39 is 22.9 Å². The second-order valence-corrected chi connectivity index (χ2v) is 6.50. The van der Waals surface area contributed by atoms with Crippen LogP contribution in [0.25, 0.3) is 0 Å². The van der Waals surface area contributed by atoms with Crippen LogP contribution in [0.1, 0.15) is 16.8 Å². The molecule has 1 aliphatic heterocycles. The van der Waals surface area contributed by atoms with Crippen LogP contribution in [0, 0.1) is 11.6 Å². The molecule has 2 aromatic rings. The predicted molar refractivity (Wildman–Crippen MR) is 96.0 cm³/mol. The Labute approximate surface area is 154 Å². The van der Waals surface area contributed by atoms with Crippen molar-refractivity contribution in [2.75, 3.05) is 31.1 Å². The molecular formula is C18H20F2N4O3. The first-order chi connectivity index (χ1) is 12.8. The van der Waals surface area contributed by atoms with Crippen molar-refractivity contribution in [1.82, 2.24) is 14.0 Å². The van der Waals surface area contributed by atoms with E-state index in [0.717, 1.165) is 16.7 Å². The van der Waals surface area contributed by atoms with Crippen LogP contribution in [0.3, 0.4) is 0 Å². The third-order valence-corrected chi connectivity index (χ3v) is 4.77. The molecule has 0 saturated carbocycles. The molecule has 0 unspecified atom stereocenters. The minimum absolute atomic E-state index is 0.0864. The summed E-state index contributed by atoms with van der Waals surface area (Å²) in [5.74, 6) is -1.95. The van der Waals surface area contributed by atoms with Gasteiger partial charge in [-0.1, -0.05) is 0 Å². The summed E-state index contributed by atoms with van der Waals surface area (Å²) in [5.41, 5.74) is -0.730. The molecule has 1 amide bonds. The number of rotatable bonds is 2. The molecule has 1 aromatic carbocycles. The van der Waals surface area contributed by atoms with Crippen LogP contribution in [0.15, 0.2) is 33.9 Å². The number of amides is 1. The molecule has 2 heterocycles. The molecule has 0 atom stereocenters. The van der Waals surface area contributed by atoms with Crippen LogP contribution >= 0.6 is 0 Å². The fourth-order valence-corrected chi connectivity index (χ4v) is 3.19. The molecule has 0 radical (unpaired) electrons. The highest BCUT2D eigenvalue weighted by Gasteiger charge is 2.23. The monoisotopic (exact) mass is 378 g/mol. The lowest BCUT2D eigenvalue weighted by molar-refractivity contribution is 0.0766. The van der Waals surface area contributed by atoms with Gasteiger partial charge in [0, 0.05) is 51.9 Å². The van der Waals surface area contributed by atoms with Gasteiger partial charge >= 0.3 is 5.69 Å². The number of halogens is 2. The standard InChI is InChI=1S/C18H20F2N4O3/c1-21-15(11-16(25)22(2)18(21)27)23-6-3-7-24(9-8-23)17(26)12-4-5-13(19)14(20)10-12/h4-5,10-11H,3,6-9H2,1-2H3. The Kier molecular flexibility index (Phi) is 5.11. The highest BCUT2D eigenvalue weighted by atomic mass is 19.2. The zero-order chi connectivity index (χ0) is 19.7. The average Bonchev–Trinajstić information content (AvgIpc) is 2.90. The van der Waals surface area contributed by atoms with E-state index in [2.05, 4.69) is 0 Å². The highest BCUT2D eigenvalue weighted by molar-refractivity contribution is 5.94. The number of anilines is 1. The lowest BCUT2D eigenvalue weighted by Gasteiger charge is -2.25. The second kappa shape index (κ2) is 7.34. The van der Waals surface area contributed by atoms with Crippen molar-refractivity contribution in [2.24, 2.45) is 14.1 Å². The van der Waals surface area contributed by atoms with Gasteiger partial charge in [-0.2, -0.15) is 0 Å². The molecule has 3 rings (SSSR count). The van der Waals surface area contributed by atoms with Gasteiger partial charge in [0.2, 0.25) is 0 Å². The Morgan fingerprint density at radius 2 is 1.67 bits per heavy atom. The molecule has 144 valence electrons. The van der Waals surface area contributed by atoms with Gasteiger partial charge in [-0.25, -0.2) is 13.6 Å². The smallest absolute Gasteiger partial charge is 0.332 e. The Bertz CT molecular complexity index is 999. The van der Waals surface area contributed by atoms with Crippen LogP contribution in [-0.2, 0) is 14.1 Å². The van der Waals surface area contributed by atoms with Crippen molar-refractivity contribution in [3.8, 4) is 0 Å². The van der Waals surface area contributed by atoms with Gasteiger partial charge in [0.1, 0.15) is 5.82 Å². The summed E-state index contributed by atoms with van der Waals surface area (Å²) in [6.07, 6.45) is 0.610. The van der Waals surface area contributed by atoms with Crippen LogP contribution in [0.4, 0.5) is 14.6 Å². The second-order valence-electron chi connectivity index (χ2n) is 6.50. The minimum atomic E-state index is -1.06. The van der Waals surface area contributed by atoms with Gasteiger partial charge in [0.05, 0.1) is 0 Å². The van der Waals surface area contributed by atoms with Crippen molar-refractivity contribution in [1.29, 1.82) is 0 Å². The maximum absolute atomic E-state index is 13.4. The molecule has 27 heavy (non-hydrogen) atoms. The normalized spacial score (nSPS) is 15.0. The topological polar surface area (TPSA) is 67.5 Å². The summed E-state index contributed by atoms with van der Waals surface area (Å²) in [4.78, 5) is 40.1. The molecule has 1 aliphatic rings. The van der Waals surface area contributed by atoms with E-state index in [4.69, 9.17) is 0 Å². The third-order valence-electron chi connectivity index (χ3n) is 4.77. The van der Waals surface area contributed by atoms with E-state index in [9.17, 15) is 23.2 Å². The summed E-state index contributed by atoms with van der Waals surface area (Å²) in [5, 5.41) is 0. The molecule has 0 aliphatic carbocycles. The summed E-state index contributed by atoms with van der Waals surface area (Å²) < 4.78 is 28.9. The summed E-state index contributed by atoms with van der Waals surface area (Å²) in [6.45, 7) is 1.74. The Hall–Kier alpha value is -2.97.